The van der Waals surface area contributed by atoms with Crippen LogP contribution in [0.5, 0.6) is 11.5 Å². The molecule has 0 unspecified atom stereocenters. The Morgan fingerprint density at radius 3 is 1.70 bits per heavy atom. The lowest BCUT2D eigenvalue weighted by Gasteiger charge is -2.29. The smallest absolute Gasteiger partial charge is 0.330 e. The number of benzene rings is 2. The van der Waals surface area contributed by atoms with Gasteiger partial charge in [0, 0.05) is 30.6 Å². The molecule has 0 aliphatic heterocycles. The largest absolute Gasteiger partial charge is 0.493 e. The number of rotatable bonds is 19. The van der Waals surface area contributed by atoms with Gasteiger partial charge in [-0.25, -0.2) is 9.59 Å². The summed E-state index contributed by atoms with van der Waals surface area (Å²) in [7, 11) is 0. The molecule has 46 heavy (non-hydrogen) atoms. The van der Waals surface area contributed by atoms with Crippen LogP contribution in [0.3, 0.4) is 0 Å². The van der Waals surface area contributed by atoms with Crippen LogP contribution in [-0.4, -0.2) is 63.8 Å². The lowest BCUT2D eigenvalue weighted by Crippen LogP contribution is -2.25. The molecule has 0 bridgehead atoms. The van der Waals surface area contributed by atoms with E-state index in [-0.39, 0.29) is 18.2 Å². The average molecular weight is 635 g/mol. The minimum atomic E-state index is -0.390. The Labute approximate surface area is 274 Å². The third-order valence-corrected chi connectivity index (χ3v) is 8.69. The lowest BCUT2D eigenvalue weighted by atomic mass is 9.88. The number of carbonyl (C=O) groups is 2. The Balaban J connectivity index is 1.19. The zero-order valence-corrected chi connectivity index (χ0v) is 27.1. The molecule has 2 aromatic carbocycles. The van der Waals surface area contributed by atoms with Gasteiger partial charge in [-0.3, -0.25) is 0 Å². The Bertz CT molecular complexity index is 1210. The van der Waals surface area contributed by atoms with Crippen molar-refractivity contribution in [3.8, 4) is 22.6 Å². The van der Waals surface area contributed by atoms with Crippen molar-refractivity contribution in [2.24, 2.45) is 11.8 Å². The summed E-state index contributed by atoms with van der Waals surface area (Å²) in [6.07, 6.45) is 12.6. The molecule has 2 aliphatic carbocycles. The third kappa shape index (κ3) is 12.3. The van der Waals surface area contributed by atoms with Crippen LogP contribution in [0.4, 0.5) is 0 Å². The molecular formula is C38H50O8. The first-order valence-corrected chi connectivity index (χ1v) is 16.8. The fraction of sp³-hybridized carbons (Fsp3) is 0.526. The van der Waals surface area contributed by atoms with E-state index in [9.17, 15) is 9.59 Å². The van der Waals surface area contributed by atoms with E-state index in [1.807, 2.05) is 30.3 Å². The summed E-state index contributed by atoms with van der Waals surface area (Å²) in [5, 5.41) is 0. The molecule has 0 amide bonds. The van der Waals surface area contributed by atoms with Gasteiger partial charge in [-0.15, -0.1) is 0 Å². The first kappa shape index (κ1) is 35.2. The molecule has 0 heterocycles. The van der Waals surface area contributed by atoms with Crippen molar-refractivity contribution >= 4 is 11.9 Å². The summed E-state index contributed by atoms with van der Waals surface area (Å²) in [5.41, 5.74) is 2.15. The van der Waals surface area contributed by atoms with Gasteiger partial charge in [0.1, 0.15) is 11.5 Å². The van der Waals surface area contributed by atoms with Crippen LogP contribution in [0.1, 0.15) is 64.2 Å². The highest BCUT2D eigenvalue weighted by Crippen LogP contribution is 2.36. The molecule has 2 aliphatic rings. The maximum absolute atomic E-state index is 11.1. The van der Waals surface area contributed by atoms with Crippen molar-refractivity contribution in [3.05, 3.63) is 73.8 Å². The van der Waals surface area contributed by atoms with Gasteiger partial charge in [-0.1, -0.05) is 43.5 Å². The van der Waals surface area contributed by atoms with Crippen molar-refractivity contribution < 1.29 is 38.0 Å². The molecule has 0 aromatic heterocycles. The quantitative estimate of drug-likeness (QED) is 0.0892. The normalized spacial score (nSPS) is 21.1. The molecule has 0 N–H and O–H groups in total. The minimum Gasteiger partial charge on any atom is -0.493 e. The number of esters is 2. The van der Waals surface area contributed by atoms with Gasteiger partial charge in [0.05, 0.1) is 51.8 Å². The van der Waals surface area contributed by atoms with E-state index in [0.717, 1.165) is 74.0 Å². The Morgan fingerprint density at radius 1 is 0.652 bits per heavy atom. The number of ether oxygens (including phenoxy) is 6. The molecule has 8 heteroatoms. The standard InChI is InChI=1S/C38H50O8/c1-3-37(39)43-24-8-22-41-32-16-12-29(13-17-32)27-45-34-20-21-36(35(26-34)31-10-6-5-7-11-31)46-28-30-14-18-33(19-15-30)42-23-9-25-44-38(40)4-2/h3-7,10-11,20-21,26,29-30,32-33H,1-2,8-9,12-19,22-25,27-28H2. The third-order valence-electron chi connectivity index (χ3n) is 8.69. The molecule has 2 aromatic rings. The second-order valence-electron chi connectivity index (χ2n) is 12.1. The summed E-state index contributed by atoms with van der Waals surface area (Å²) in [6, 6.07) is 16.5. The van der Waals surface area contributed by atoms with Crippen LogP contribution in [-0.2, 0) is 28.5 Å². The average Bonchev–Trinajstić information content (AvgIpc) is 3.10. The van der Waals surface area contributed by atoms with E-state index < -0.39 is 5.97 Å². The first-order chi connectivity index (χ1) is 22.5. The summed E-state index contributed by atoms with van der Waals surface area (Å²) in [4.78, 5) is 22.3. The number of carbonyl (C=O) groups excluding carboxylic acids is 2. The SMILES string of the molecule is C=CC(=O)OCCCOC1CCC(COc2ccc(OCC3CCC(OCCCOC(=O)C=C)CC3)c(-c3ccccc3)c2)CC1. The van der Waals surface area contributed by atoms with Crippen LogP contribution < -0.4 is 9.47 Å². The lowest BCUT2D eigenvalue weighted by molar-refractivity contribution is -0.139. The first-order valence-electron chi connectivity index (χ1n) is 16.8. The topological polar surface area (TPSA) is 89.5 Å². The van der Waals surface area contributed by atoms with Gasteiger partial charge in [0.2, 0.25) is 0 Å². The number of hydrogen-bond donors (Lipinski definition) is 0. The monoisotopic (exact) mass is 634 g/mol. The fourth-order valence-electron chi connectivity index (χ4n) is 6.00. The van der Waals surface area contributed by atoms with E-state index in [0.29, 0.717) is 64.3 Å². The molecule has 0 atom stereocenters. The maximum atomic E-state index is 11.1. The molecule has 8 nitrogen and oxygen atoms in total. The molecule has 0 spiro atoms. The van der Waals surface area contributed by atoms with Gasteiger partial charge in [0.15, 0.2) is 0 Å². The predicted molar refractivity (Wildman–Crippen MR) is 178 cm³/mol. The predicted octanol–water partition coefficient (Wildman–Crippen LogP) is 7.50. The Kier molecular flexibility index (Phi) is 15.2. The van der Waals surface area contributed by atoms with E-state index in [1.165, 1.54) is 12.2 Å². The van der Waals surface area contributed by atoms with Gasteiger partial charge in [-0.05, 0) is 87.0 Å². The van der Waals surface area contributed by atoms with Crippen LogP contribution in [0.2, 0.25) is 0 Å². The summed E-state index contributed by atoms with van der Waals surface area (Å²) >= 11 is 0. The second-order valence-corrected chi connectivity index (χ2v) is 12.1. The van der Waals surface area contributed by atoms with Crippen molar-refractivity contribution in [2.75, 3.05) is 39.6 Å². The van der Waals surface area contributed by atoms with Gasteiger partial charge in [-0.2, -0.15) is 0 Å². The van der Waals surface area contributed by atoms with E-state index in [1.54, 1.807) is 0 Å². The highest BCUT2D eigenvalue weighted by atomic mass is 16.5. The zero-order chi connectivity index (χ0) is 32.4. The van der Waals surface area contributed by atoms with Crippen LogP contribution >= 0.6 is 0 Å². The second kappa shape index (κ2) is 19.8. The summed E-state index contributed by atoms with van der Waals surface area (Å²) in [6.45, 7) is 10.1. The van der Waals surface area contributed by atoms with Gasteiger partial charge in [0.25, 0.3) is 0 Å². The molecule has 250 valence electrons. The van der Waals surface area contributed by atoms with E-state index >= 15 is 0 Å². The minimum absolute atomic E-state index is 0.255. The molecule has 0 saturated heterocycles. The van der Waals surface area contributed by atoms with Crippen LogP contribution in [0, 0.1) is 11.8 Å². The van der Waals surface area contributed by atoms with Crippen LogP contribution in [0.25, 0.3) is 11.1 Å². The highest BCUT2D eigenvalue weighted by Gasteiger charge is 2.24. The van der Waals surface area contributed by atoms with Crippen molar-refractivity contribution in [2.45, 2.75) is 76.4 Å². The molecule has 4 rings (SSSR count). The molecule has 2 saturated carbocycles. The summed E-state index contributed by atoms with van der Waals surface area (Å²) in [5.74, 6) is 1.94. The number of hydrogen-bond acceptors (Lipinski definition) is 8. The van der Waals surface area contributed by atoms with E-state index in [2.05, 4.69) is 31.4 Å². The van der Waals surface area contributed by atoms with Crippen LogP contribution in [0.15, 0.2) is 73.8 Å². The zero-order valence-electron chi connectivity index (χ0n) is 27.1. The van der Waals surface area contributed by atoms with Crippen molar-refractivity contribution in [1.82, 2.24) is 0 Å². The molecule has 0 radical (unpaired) electrons. The Hall–Kier alpha value is -3.62. The fourth-order valence-corrected chi connectivity index (χ4v) is 6.00. The maximum Gasteiger partial charge on any atom is 0.330 e. The van der Waals surface area contributed by atoms with E-state index in [4.69, 9.17) is 28.4 Å². The van der Waals surface area contributed by atoms with Crippen molar-refractivity contribution in [3.63, 3.8) is 0 Å². The Morgan fingerprint density at radius 2 is 1.17 bits per heavy atom. The molecule has 2 fully saturated rings. The van der Waals surface area contributed by atoms with Crippen molar-refractivity contribution in [1.29, 1.82) is 0 Å². The highest BCUT2D eigenvalue weighted by molar-refractivity contribution is 5.81. The summed E-state index contributed by atoms with van der Waals surface area (Å²) < 4.78 is 34.8. The molecular weight excluding hydrogens is 584 g/mol. The van der Waals surface area contributed by atoms with Gasteiger partial charge < -0.3 is 28.4 Å². The van der Waals surface area contributed by atoms with Gasteiger partial charge >= 0.3 is 11.9 Å².